The zero-order valence-electron chi connectivity index (χ0n) is 17.2. The van der Waals surface area contributed by atoms with Crippen LogP contribution in [-0.2, 0) is 16.6 Å². The van der Waals surface area contributed by atoms with Gasteiger partial charge in [-0.2, -0.15) is 4.31 Å². The summed E-state index contributed by atoms with van der Waals surface area (Å²) in [5.74, 6) is 0.247. The number of amides is 1. The number of hydrogen-bond donors (Lipinski definition) is 1. The number of nitrogens with one attached hydrogen (secondary N) is 1. The zero-order chi connectivity index (χ0) is 21.3. The molecule has 7 heteroatoms. The van der Waals surface area contributed by atoms with Gasteiger partial charge in [0.1, 0.15) is 5.58 Å². The Balaban J connectivity index is 1.59. The first kappa shape index (κ1) is 20.6. The molecule has 4 rings (SSSR count). The van der Waals surface area contributed by atoms with E-state index in [2.05, 4.69) is 12.2 Å². The number of sulfonamides is 1. The Morgan fingerprint density at radius 1 is 1.20 bits per heavy atom. The first-order chi connectivity index (χ1) is 14.4. The Morgan fingerprint density at radius 3 is 2.70 bits per heavy atom. The van der Waals surface area contributed by atoms with Crippen molar-refractivity contribution < 1.29 is 17.6 Å². The molecule has 1 saturated heterocycles. The number of fused-ring (bicyclic) bond motifs is 1. The van der Waals surface area contributed by atoms with Gasteiger partial charge in [0.25, 0.3) is 5.91 Å². The molecule has 6 nitrogen and oxygen atoms in total. The summed E-state index contributed by atoms with van der Waals surface area (Å²) < 4.78 is 33.5. The van der Waals surface area contributed by atoms with Gasteiger partial charge in [0.05, 0.1) is 4.90 Å². The number of aryl methyl sites for hydroxylation is 1. The number of hydrogen-bond acceptors (Lipinski definition) is 4. The summed E-state index contributed by atoms with van der Waals surface area (Å²) in [6.45, 7) is 5.33. The molecule has 3 aromatic rings. The number of furan rings is 1. The van der Waals surface area contributed by atoms with Crippen molar-refractivity contribution in [1.82, 2.24) is 9.62 Å². The van der Waals surface area contributed by atoms with E-state index in [9.17, 15) is 13.2 Å². The van der Waals surface area contributed by atoms with E-state index in [1.165, 1.54) is 0 Å². The van der Waals surface area contributed by atoms with Crippen LogP contribution >= 0.6 is 0 Å². The molecule has 30 heavy (non-hydrogen) atoms. The van der Waals surface area contributed by atoms with Crippen LogP contribution in [0.5, 0.6) is 0 Å². The molecule has 0 saturated carbocycles. The Kier molecular flexibility index (Phi) is 5.66. The topological polar surface area (TPSA) is 79.6 Å². The summed E-state index contributed by atoms with van der Waals surface area (Å²) in [6.07, 6.45) is 1.92. The summed E-state index contributed by atoms with van der Waals surface area (Å²) in [6, 6.07) is 14.4. The van der Waals surface area contributed by atoms with Crippen LogP contribution < -0.4 is 5.32 Å². The predicted molar refractivity (Wildman–Crippen MR) is 116 cm³/mol. The van der Waals surface area contributed by atoms with Gasteiger partial charge in [0, 0.05) is 30.6 Å². The molecule has 1 aromatic heterocycles. The quantitative estimate of drug-likeness (QED) is 0.666. The van der Waals surface area contributed by atoms with Crippen molar-refractivity contribution >= 4 is 26.9 Å². The summed E-state index contributed by atoms with van der Waals surface area (Å²) in [5, 5.41) is 3.50. The van der Waals surface area contributed by atoms with Crippen molar-refractivity contribution in [1.29, 1.82) is 0 Å². The van der Waals surface area contributed by atoms with Crippen molar-refractivity contribution in [3.05, 3.63) is 65.4 Å². The van der Waals surface area contributed by atoms with Gasteiger partial charge in [-0.3, -0.25) is 4.79 Å². The second-order valence-electron chi connectivity index (χ2n) is 7.99. The number of carbonyl (C=O) groups is 1. The third kappa shape index (κ3) is 4.00. The lowest BCUT2D eigenvalue weighted by Crippen LogP contribution is -2.39. The van der Waals surface area contributed by atoms with E-state index in [1.54, 1.807) is 29.4 Å². The smallest absolute Gasteiger partial charge is 0.287 e. The van der Waals surface area contributed by atoms with Crippen LogP contribution in [0.15, 0.2) is 57.8 Å². The fraction of sp³-hybridized carbons (Fsp3) is 0.348. The number of carbonyl (C=O) groups excluding carboxylic acids is 1. The maximum atomic E-state index is 13.1. The molecule has 1 fully saturated rings. The normalized spacial score (nSPS) is 17.9. The lowest BCUT2D eigenvalue weighted by molar-refractivity contribution is 0.0924. The average Bonchev–Trinajstić information content (AvgIpc) is 3.09. The summed E-state index contributed by atoms with van der Waals surface area (Å²) in [7, 11) is -3.57. The van der Waals surface area contributed by atoms with E-state index in [0.29, 0.717) is 42.1 Å². The van der Waals surface area contributed by atoms with Gasteiger partial charge in [-0.25, -0.2) is 8.42 Å². The van der Waals surface area contributed by atoms with Crippen LogP contribution in [0.3, 0.4) is 0 Å². The molecule has 1 aliphatic rings. The van der Waals surface area contributed by atoms with Crippen LogP contribution in [-0.4, -0.2) is 31.7 Å². The zero-order valence-corrected chi connectivity index (χ0v) is 18.0. The molecule has 0 unspecified atom stereocenters. The van der Waals surface area contributed by atoms with Crippen molar-refractivity contribution in [3.8, 4) is 0 Å². The molecule has 0 bridgehead atoms. The summed E-state index contributed by atoms with van der Waals surface area (Å²) in [4.78, 5) is 12.9. The Bertz CT molecular complexity index is 1170. The number of piperidine rings is 1. The van der Waals surface area contributed by atoms with E-state index < -0.39 is 10.0 Å². The fourth-order valence-corrected chi connectivity index (χ4v) is 5.57. The highest BCUT2D eigenvalue weighted by molar-refractivity contribution is 7.89. The van der Waals surface area contributed by atoms with Crippen LogP contribution in [0.1, 0.15) is 41.4 Å². The van der Waals surface area contributed by atoms with Crippen molar-refractivity contribution in [2.45, 2.75) is 38.1 Å². The third-order valence-corrected chi connectivity index (χ3v) is 7.53. The Morgan fingerprint density at radius 2 is 1.97 bits per heavy atom. The maximum absolute atomic E-state index is 13.1. The maximum Gasteiger partial charge on any atom is 0.287 e. The van der Waals surface area contributed by atoms with Gasteiger partial charge in [0.2, 0.25) is 10.0 Å². The molecule has 1 amide bonds. The molecule has 2 heterocycles. The van der Waals surface area contributed by atoms with Gasteiger partial charge in [0.15, 0.2) is 5.76 Å². The Hall–Kier alpha value is -2.64. The number of nitrogens with zero attached hydrogens (tertiary/aromatic N) is 1. The number of benzene rings is 2. The molecule has 2 aromatic carbocycles. The van der Waals surface area contributed by atoms with Crippen molar-refractivity contribution in [2.24, 2.45) is 5.92 Å². The van der Waals surface area contributed by atoms with E-state index >= 15 is 0 Å². The van der Waals surface area contributed by atoms with Crippen molar-refractivity contribution in [3.63, 3.8) is 0 Å². The average molecular weight is 427 g/mol. The first-order valence-corrected chi connectivity index (χ1v) is 11.7. The lowest BCUT2D eigenvalue weighted by Gasteiger charge is -2.30. The van der Waals surface area contributed by atoms with Gasteiger partial charge in [-0.05, 0) is 49.4 Å². The highest BCUT2D eigenvalue weighted by atomic mass is 32.2. The summed E-state index contributed by atoms with van der Waals surface area (Å²) in [5.41, 5.74) is 2.13. The second-order valence-corrected chi connectivity index (χ2v) is 9.93. The highest BCUT2D eigenvalue weighted by Gasteiger charge is 2.29. The molecule has 0 spiro atoms. The molecule has 1 aliphatic heterocycles. The van der Waals surface area contributed by atoms with Crippen LogP contribution in [0.4, 0.5) is 0 Å². The van der Waals surface area contributed by atoms with Gasteiger partial charge < -0.3 is 9.73 Å². The molecule has 0 aliphatic carbocycles. The molecule has 1 atom stereocenters. The van der Waals surface area contributed by atoms with E-state index in [-0.39, 0.29) is 16.6 Å². The van der Waals surface area contributed by atoms with E-state index in [4.69, 9.17) is 4.42 Å². The summed E-state index contributed by atoms with van der Waals surface area (Å²) >= 11 is 0. The van der Waals surface area contributed by atoms with Crippen molar-refractivity contribution in [2.75, 3.05) is 13.1 Å². The van der Waals surface area contributed by atoms with Gasteiger partial charge in [-0.1, -0.05) is 37.3 Å². The molecular formula is C23H26N2O4S. The fourth-order valence-electron chi connectivity index (χ4n) is 3.95. The van der Waals surface area contributed by atoms with Gasteiger partial charge >= 0.3 is 0 Å². The van der Waals surface area contributed by atoms with Crippen LogP contribution in [0.25, 0.3) is 11.0 Å². The Labute approximate surface area is 176 Å². The molecule has 1 N–H and O–H groups in total. The van der Waals surface area contributed by atoms with Crippen LogP contribution in [0.2, 0.25) is 0 Å². The van der Waals surface area contributed by atoms with E-state index in [0.717, 1.165) is 18.4 Å². The minimum Gasteiger partial charge on any atom is -0.451 e. The van der Waals surface area contributed by atoms with Gasteiger partial charge in [-0.15, -0.1) is 0 Å². The minimum absolute atomic E-state index is 0.210. The lowest BCUT2D eigenvalue weighted by atomic mass is 10.0. The molecule has 0 radical (unpaired) electrons. The molecular weight excluding hydrogens is 400 g/mol. The third-order valence-electron chi connectivity index (χ3n) is 5.67. The standard InChI is InChI=1S/C23H26N2O4S/c1-16-7-6-12-25(15-16)30(27,28)19-10-11-21-20(13-19)17(2)22(29-21)23(26)24-14-18-8-4-3-5-9-18/h3-5,8-11,13,16H,6-7,12,14-15H2,1-2H3,(H,24,26)/t16-/m1/s1. The number of rotatable bonds is 5. The first-order valence-electron chi connectivity index (χ1n) is 10.2. The minimum atomic E-state index is -3.57. The molecule has 158 valence electrons. The van der Waals surface area contributed by atoms with Crippen LogP contribution in [0, 0.1) is 12.8 Å². The monoisotopic (exact) mass is 426 g/mol. The van der Waals surface area contributed by atoms with E-state index in [1.807, 2.05) is 30.3 Å². The highest BCUT2D eigenvalue weighted by Crippen LogP contribution is 2.30. The second kappa shape index (κ2) is 8.24. The SMILES string of the molecule is Cc1c(C(=O)NCc2ccccc2)oc2ccc(S(=O)(=O)N3CCC[C@@H](C)C3)cc12. The predicted octanol–water partition coefficient (Wildman–Crippen LogP) is 4.09. The largest absolute Gasteiger partial charge is 0.451 e.